The molecule has 2 saturated heterocycles. The Morgan fingerprint density at radius 2 is 1.82 bits per heavy atom. The summed E-state index contributed by atoms with van der Waals surface area (Å²) >= 11 is 6.77. The lowest BCUT2D eigenvalue weighted by molar-refractivity contribution is -0.123. The van der Waals surface area contributed by atoms with Crippen molar-refractivity contribution in [3.63, 3.8) is 0 Å². The quantitative estimate of drug-likeness (QED) is 0.350. The normalized spacial score (nSPS) is 17.9. The first-order valence-corrected chi connectivity index (χ1v) is 13.6. The first kappa shape index (κ1) is 25.9. The van der Waals surface area contributed by atoms with Crippen LogP contribution in [-0.2, 0) is 9.53 Å². The third-order valence-electron chi connectivity index (χ3n) is 6.62. The fourth-order valence-corrected chi connectivity index (χ4v) is 6.00. The van der Waals surface area contributed by atoms with E-state index in [0.29, 0.717) is 59.0 Å². The molecule has 38 heavy (non-hydrogen) atoms. The zero-order chi connectivity index (χ0) is 26.8. The molecule has 1 atom stereocenters. The highest BCUT2D eigenvalue weighted by Crippen LogP contribution is 2.38. The van der Waals surface area contributed by atoms with Crippen LogP contribution in [0.1, 0.15) is 31.0 Å². The SMILES string of the molecule is CCOC(=O)N1CCN(c2nc3ccccn3c(=O)c2/C=C2\SC(=S)N(C(C)c3ccccc3)C2=O)CC1. The molecular weight excluding hydrogens is 522 g/mol. The van der Waals surface area contributed by atoms with Crippen LogP contribution in [0.25, 0.3) is 11.7 Å². The molecule has 0 aliphatic carbocycles. The molecule has 4 heterocycles. The highest BCUT2D eigenvalue weighted by molar-refractivity contribution is 8.26. The molecule has 2 aromatic heterocycles. The molecular formula is C27H27N5O4S2. The van der Waals surface area contributed by atoms with Gasteiger partial charge in [0.05, 0.1) is 23.1 Å². The lowest BCUT2D eigenvalue weighted by atomic mass is 10.1. The van der Waals surface area contributed by atoms with Gasteiger partial charge in [0.1, 0.15) is 15.8 Å². The van der Waals surface area contributed by atoms with Gasteiger partial charge in [0.15, 0.2) is 0 Å². The summed E-state index contributed by atoms with van der Waals surface area (Å²) in [6.07, 6.45) is 2.92. The van der Waals surface area contributed by atoms with E-state index in [2.05, 4.69) is 0 Å². The average molecular weight is 550 g/mol. The highest BCUT2D eigenvalue weighted by atomic mass is 32.2. The molecule has 1 aromatic carbocycles. The van der Waals surface area contributed by atoms with Crippen molar-refractivity contribution >= 4 is 57.8 Å². The number of ether oxygens (including phenoxy) is 1. The second kappa shape index (κ2) is 11.0. The van der Waals surface area contributed by atoms with Gasteiger partial charge in [-0.05, 0) is 37.6 Å². The molecule has 0 radical (unpaired) electrons. The monoisotopic (exact) mass is 549 g/mol. The molecule has 2 amide bonds. The number of benzene rings is 1. The number of piperazine rings is 1. The number of carbonyl (C=O) groups excluding carboxylic acids is 2. The van der Waals surface area contributed by atoms with Crippen LogP contribution < -0.4 is 10.5 Å². The van der Waals surface area contributed by atoms with Gasteiger partial charge in [-0.25, -0.2) is 9.78 Å². The van der Waals surface area contributed by atoms with Crippen molar-refractivity contribution in [2.45, 2.75) is 19.9 Å². The number of hydrogen-bond acceptors (Lipinski definition) is 8. The van der Waals surface area contributed by atoms with E-state index in [4.69, 9.17) is 21.9 Å². The van der Waals surface area contributed by atoms with Crippen molar-refractivity contribution in [2.24, 2.45) is 0 Å². The maximum Gasteiger partial charge on any atom is 0.409 e. The number of anilines is 1. The third kappa shape index (κ3) is 4.91. The number of pyridine rings is 1. The molecule has 2 aliphatic rings. The Kier molecular flexibility index (Phi) is 7.48. The van der Waals surface area contributed by atoms with Gasteiger partial charge >= 0.3 is 6.09 Å². The Bertz CT molecular complexity index is 1480. The van der Waals surface area contributed by atoms with Crippen LogP contribution in [0.5, 0.6) is 0 Å². The minimum absolute atomic E-state index is 0.244. The van der Waals surface area contributed by atoms with Crippen LogP contribution in [-0.4, -0.2) is 68.3 Å². The molecule has 0 spiro atoms. The first-order valence-electron chi connectivity index (χ1n) is 12.4. The number of hydrogen-bond donors (Lipinski definition) is 0. The summed E-state index contributed by atoms with van der Waals surface area (Å²) in [7, 11) is 0. The molecule has 1 unspecified atom stereocenters. The number of thioether (sulfide) groups is 1. The largest absolute Gasteiger partial charge is 0.450 e. The van der Waals surface area contributed by atoms with Crippen LogP contribution in [0, 0.1) is 0 Å². The molecule has 0 bridgehead atoms. The van der Waals surface area contributed by atoms with Crippen molar-refractivity contribution in [2.75, 3.05) is 37.7 Å². The number of rotatable bonds is 5. The van der Waals surface area contributed by atoms with Crippen molar-refractivity contribution in [1.82, 2.24) is 19.2 Å². The molecule has 196 valence electrons. The molecule has 3 aromatic rings. The minimum atomic E-state index is -0.352. The lowest BCUT2D eigenvalue weighted by Crippen LogP contribution is -2.49. The molecule has 0 saturated carbocycles. The summed E-state index contributed by atoms with van der Waals surface area (Å²) in [6.45, 7) is 5.84. The number of amides is 2. The second-order valence-electron chi connectivity index (χ2n) is 8.89. The summed E-state index contributed by atoms with van der Waals surface area (Å²) in [5, 5.41) is 0. The van der Waals surface area contributed by atoms with Crippen LogP contribution in [0.3, 0.4) is 0 Å². The smallest absolute Gasteiger partial charge is 0.409 e. The van der Waals surface area contributed by atoms with E-state index in [9.17, 15) is 14.4 Å². The fourth-order valence-electron chi connectivity index (χ4n) is 4.60. The number of fused-ring (bicyclic) bond motifs is 1. The molecule has 2 aliphatic heterocycles. The zero-order valence-corrected chi connectivity index (χ0v) is 22.7. The van der Waals surface area contributed by atoms with Gasteiger partial charge in [0.25, 0.3) is 11.5 Å². The third-order valence-corrected chi connectivity index (χ3v) is 7.95. The van der Waals surface area contributed by atoms with Crippen molar-refractivity contribution in [3.8, 4) is 0 Å². The average Bonchev–Trinajstić information content (AvgIpc) is 3.22. The van der Waals surface area contributed by atoms with Crippen molar-refractivity contribution in [1.29, 1.82) is 0 Å². The number of nitrogens with zero attached hydrogens (tertiary/aromatic N) is 5. The summed E-state index contributed by atoms with van der Waals surface area (Å²) in [4.78, 5) is 49.7. The molecule has 9 nitrogen and oxygen atoms in total. The molecule has 2 fully saturated rings. The topological polar surface area (TPSA) is 87.5 Å². The first-order chi connectivity index (χ1) is 18.4. The number of carbonyl (C=O) groups is 2. The molecule has 5 rings (SSSR count). The maximum atomic E-state index is 13.7. The minimum Gasteiger partial charge on any atom is -0.450 e. The van der Waals surface area contributed by atoms with Crippen LogP contribution in [0.4, 0.5) is 10.6 Å². The summed E-state index contributed by atoms with van der Waals surface area (Å²) in [5.74, 6) is 0.234. The van der Waals surface area contributed by atoms with E-state index >= 15 is 0 Å². The van der Waals surface area contributed by atoms with E-state index in [1.165, 1.54) is 16.2 Å². The lowest BCUT2D eigenvalue weighted by Gasteiger charge is -2.35. The van der Waals surface area contributed by atoms with Crippen molar-refractivity contribution < 1.29 is 14.3 Å². The Morgan fingerprint density at radius 3 is 2.53 bits per heavy atom. The second-order valence-corrected chi connectivity index (χ2v) is 10.6. The van der Waals surface area contributed by atoms with E-state index in [0.717, 1.165) is 5.56 Å². The Balaban J connectivity index is 1.51. The Morgan fingerprint density at radius 1 is 1.11 bits per heavy atom. The van der Waals surface area contributed by atoms with E-state index in [-0.39, 0.29) is 23.6 Å². The molecule has 0 N–H and O–H groups in total. The van der Waals surface area contributed by atoms with Gasteiger partial charge < -0.3 is 14.5 Å². The van der Waals surface area contributed by atoms with Gasteiger partial charge in [-0.3, -0.25) is 18.9 Å². The van der Waals surface area contributed by atoms with Gasteiger partial charge in [-0.1, -0.05) is 60.4 Å². The van der Waals surface area contributed by atoms with Crippen LogP contribution in [0.15, 0.2) is 64.4 Å². The van der Waals surface area contributed by atoms with E-state index in [1.54, 1.807) is 41.1 Å². The fraction of sp³-hybridized carbons (Fsp3) is 0.296. The van der Waals surface area contributed by atoms with Gasteiger partial charge in [-0.2, -0.15) is 0 Å². The van der Waals surface area contributed by atoms with E-state index in [1.807, 2.05) is 48.2 Å². The van der Waals surface area contributed by atoms with Crippen LogP contribution >= 0.6 is 24.0 Å². The van der Waals surface area contributed by atoms with E-state index < -0.39 is 0 Å². The Labute approximate surface area is 229 Å². The standard InChI is InChI=1S/C27H27N5O4S2/c1-3-36-26(35)30-15-13-29(14-16-30)23-20(24(33)31-12-8-7-11-22(31)28-23)17-21-25(34)32(27(37)38-21)18(2)19-9-5-4-6-10-19/h4-12,17-18H,3,13-16H2,1-2H3/b21-17-. The van der Waals surface area contributed by atoms with Crippen molar-refractivity contribution in [3.05, 3.63) is 81.1 Å². The summed E-state index contributed by atoms with van der Waals surface area (Å²) in [5.41, 5.74) is 1.51. The number of aromatic nitrogens is 2. The highest BCUT2D eigenvalue weighted by Gasteiger charge is 2.36. The Hall–Kier alpha value is -3.70. The predicted molar refractivity (Wildman–Crippen MR) is 152 cm³/mol. The summed E-state index contributed by atoms with van der Waals surface area (Å²) < 4.78 is 7.04. The predicted octanol–water partition coefficient (Wildman–Crippen LogP) is 3.94. The van der Waals surface area contributed by atoms with Gasteiger partial charge in [-0.15, -0.1) is 0 Å². The van der Waals surface area contributed by atoms with Gasteiger partial charge in [0.2, 0.25) is 0 Å². The zero-order valence-electron chi connectivity index (χ0n) is 21.1. The van der Waals surface area contributed by atoms with Crippen LogP contribution in [0.2, 0.25) is 0 Å². The number of thiocarbonyl (C=S) groups is 1. The summed E-state index contributed by atoms with van der Waals surface area (Å²) in [6, 6.07) is 14.8. The molecule has 11 heteroatoms. The van der Waals surface area contributed by atoms with Gasteiger partial charge in [0, 0.05) is 32.4 Å². The maximum absolute atomic E-state index is 13.7.